The van der Waals surface area contributed by atoms with Crippen LogP contribution in [0.5, 0.6) is 0 Å². The van der Waals surface area contributed by atoms with Crippen LogP contribution < -0.4 is 21.7 Å². The van der Waals surface area contributed by atoms with E-state index in [0.29, 0.717) is 12.2 Å². The Kier molecular flexibility index (Phi) is 13.3. The van der Waals surface area contributed by atoms with Crippen molar-refractivity contribution in [2.24, 2.45) is 17.6 Å². The molecular formula is C19H36N4O5S. The Bertz CT molecular complexity index is 561. The second-order valence-electron chi connectivity index (χ2n) is 7.24. The Morgan fingerprint density at radius 1 is 1.00 bits per heavy atom. The number of thioether (sulfide) groups is 1. The first kappa shape index (κ1) is 27.2. The number of rotatable bonds is 14. The van der Waals surface area contributed by atoms with Gasteiger partial charge < -0.3 is 26.8 Å². The van der Waals surface area contributed by atoms with Crippen molar-refractivity contribution in [1.82, 2.24) is 16.0 Å². The van der Waals surface area contributed by atoms with Crippen LogP contribution in [0.1, 0.15) is 47.0 Å². The van der Waals surface area contributed by atoms with Crippen LogP contribution in [-0.2, 0) is 19.2 Å². The molecule has 0 spiro atoms. The molecule has 0 rings (SSSR count). The monoisotopic (exact) mass is 432 g/mol. The van der Waals surface area contributed by atoms with Crippen molar-refractivity contribution in [3.05, 3.63) is 0 Å². The fourth-order valence-electron chi connectivity index (χ4n) is 2.48. The standard InChI is InChI=1S/C19H36N4O5S/c1-6-11(3)15(20)17(25)23-16(12(4)7-2)18(26)21-10-14(24)22-13(19(27)28)8-9-29-5/h11-13,15-16H,6-10,20H2,1-5H3,(H,21,26)(H,22,24)(H,23,25)(H,27,28). The molecule has 9 nitrogen and oxygen atoms in total. The first-order chi connectivity index (χ1) is 13.6. The van der Waals surface area contributed by atoms with Gasteiger partial charge in [0, 0.05) is 0 Å². The summed E-state index contributed by atoms with van der Waals surface area (Å²) >= 11 is 1.48. The maximum atomic E-state index is 12.6. The molecular weight excluding hydrogens is 396 g/mol. The molecule has 0 aromatic carbocycles. The molecule has 0 aromatic rings. The zero-order valence-electron chi connectivity index (χ0n) is 18.0. The first-order valence-corrected chi connectivity index (χ1v) is 11.3. The van der Waals surface area contributed by atoms with E-state index in [4.69, 9.17) is 10.8 Å². The molecule has 0 saturated heterocycles. The quantitative estimate of drug-likeness (QED) is 0.265. The smallest absolute Gasteiger partial charge is 0.326 e. The van der Waals surface area contributed by atoms with Crippen LogP contribution in [-0.4, -0.2) is 65.5 Å². The molecule has 0 aliphatic heterocycles. The predicted octanol–water partition coefficient (Wildman–Crippen LogP) is 0.329. The van der Waals surface area contributed by atoms with Crippen molar-refractivity contribution in [3.63, 3.8) is 0 Å². The van der Waals surface area contributed by atoms with Gasteiger partial charge in [0.1, 0.15) is 12.1 Å². The van der Waals surface area contributed by atoms with Gasteiger partial charge in [-0.05, 0) is 30.3 Å². The van der Waals surface area contributed by atoms with Gasteiger partial charge in [0.15, 0.2) is 0 Å². The molecule has 0 aliphatic rings. The molecule has 29 heavy (non-hydrogen) atoms. The number of aliphatic carboxylic acids is 1. The number of nitrogens with two attached hydrogens (primary N) is 1. The summed E-state index contributed by atoms with van der Waals surface area (Å²) in [6.07, 6.45) is 3.50. The SMILES string of the molecule is CCC(C)C(N)C(=O)NC(C(=O)NCC(=O)NC(CCSC)C(=O)O)C(C)CC. The van der Waals surface area contributed by atoms with Crippen molar-refractivity contribution in [1.29, 1.82) is 0 Å². The van der Waals surface area contributed by atoms with Gasteiger partial charge in [-0.25, -0.2) is 4.79 Å². The summed E-state index contributed by atoms with van der Waals surface area (Å²) in [6, 6.07) is -2.57. The molecule has 10 heteroatoms. The number of nitrogens with one attached hydrogen (secondary N) is 3. The van der Waals surface area contributed by atoms with E-state index in [1.54, 1.807) is 0 Å². The minimum atomic E-state index is -1.12. The summed E-state index contributed by atoms with van der Waals surface area (Å²) in [4.78, 5) is 48.2. The Labute approximate surface area is 177 Å². The Balaban J connectivity index is 4.88. The Hall–Kier alpha value is -1.81. The second kappa shape index (κ2) is 14.2. The number of amides is 3. The highest BCUT2D eigenvalue weighted by molar-refractivity contribution is 7.98. The molecule has 0 aliphatic carbocycles. The lowest BCUT2D eigenvalue weighted by atomic mass is 9.95. The lowest BCUT2D eigenvalue weighted by Crippen LogP contribution is -2.56. The van der Waals surface area contributed by atoms with Gasteiger partial charge in [-0.1, -0.05) is 40.5 Å². The van der Waals surface area contributed by atoms with Gasteiger partial charge in [0.2, 0.25) is 17.7 Å². The lowest BCUT2D eigenvalue weighted by Gasteiger charge is -2.26. The van der Waals surface area contributed by atoms with E-state index < -0.39 is 41.8 Å². The molecule has 0 heterocycles. The van der Waals surface area contributed by atoms with Gasteiger partial charge in [-0.15, -0.1) is 0 Å². The van der Waals surface area contributed by atoms with E-state index in [1.807, 2.05) is 34.0 Å². The number of hydrogen-bond acceptors (Lipinski definition) is 6. The van der Waals surface area contributed by atoms with Crippen LogP contribution in [0.15, 0.2) is 0 Å². The van der Waals surface area contributed by atoms with Crippen molar-refractivity contribution in [3.8, 4) is 0 Å². The van der Waals surface area contributed by atoms with E-state index >= 15 is 0 Å². The first-order valence-electron chi connectivity index (χ1n) is 9.93. The molecule has 0 saturated carbocycles. The number of hydrogen-bond donors (Lipinski definition) is 5. The van der Waals surface area contributed by atoms with Crippen molar-refractivity contribution < 1.29 is 24.3 Å². The molecule has 0 bridgehead atoms. The molecule has 0 radical (unpaired) electrons. The number of carboxylic acid groups (broad SMARTS) is 1. The van der Waals surface area contributed by atoms with E-state index in [9.17, 15) is 19.2 Å². The molecule has 0 fully saturated rings. The molecule has 5 atom stereocenters. The highest BCUT2D eigenvalue weighted by Crippen LogP contribution is 2.11. The Morgan fingerprint density at radius 3 is 2.07 bits per heavy atom. The third kappa shape index (κ3) is 9.98. The fraction of sp³-hybridized carbons (Fsp3) is 0.789. The van der Waals surface area contributed by atoms with E-state index in [1.165, 1.54) is 11.8 Å². The minimum absolute atomic E-state index is 0.0318. The summed E-state index contributed by atoms with van der Waals surface area (Å²) in [7, 11) is 0. The summed E-state index contributed by atoms with van der Waals surface area (Å²) in [5, 5.41) is 16.7. The van der Waals surface area contributed by atoms with Crippen LogP contribution in [0, 0.1) is 11.8 Å². The average Bonchev–Trinajstić information content (AvgIpc) is 2.70. The van der Waals surface area contributed by atoms with Crippen LogP contribution in [0.4, 0.5) is 0 Å². The molecule has 5 unspecified atom stereocenters. The van der Waals surface area contributed by atoms with Crippen molar-refractivity contribution in [2.75, 3.05) is 18.6 Å². The predicted molar refractivity (Wildman–Crippen MR) is 114 cm³/mol. The number of carbonyl (C=O) groups is 4. The molecule has 3 amide bonds. The molecule has 6 N–H and O–H groups in total. The summed E-state index contributed by atoms with van der Waals surface area (Å²) < 4.78 is 0. The van der Waals surface area contributed by atoms with Gasteiger partial charge in [-0.2, -0.15) is 11.8 Å². The van der Waals surface area contributed by atoms with Crippen LogP contribution in [0.25, 0.3) is 0 Å². The zero-order chi connectivity index (χ0) is 22.6. The van der Waals surface area contributed by atoms with Crippen LogP contribution in [0.2, 0.25) is 0 Å². The maximum absolute atomic E-state index is 12.6. The van der Waals surface area contributed by atoms with Gasteiger partial charge in [0.05, 0.1) is 12.6 Å². The van der Waals surface area contributed by atoms with Crippen LogP contribution >= 0.6 is 11.8 Å². The maximum Gasteiger partial charge on any atom is 0.326 e. The summed E-state index contributed by atoms with van der Waals surface area (Å²) in [5.41, 5.74) is 5.94. The number of carbonyl (C=O) groups excluding carboxylic acids is 3. The average molecular weight is 433 g/mol. The van der Waals surface area contributed by atoms with Crippen molar-refractivity contribution >= 4 is 35.5 Å². The van der Waals surface area contributed by atoms with E-state index in [-0.39, 0.29) is 24.8 Å². The lowest BCUT2D eigenvalue weighted by molar-refractivity contribution is -0.141. The van der Waals surface area contributed by atoms with Crippen molar-refractivity contribution in [2.45, 2.75) is 65.1 Å². The minimum Gasteiger partial charge on any atom is -0.480 e. The zero-order valence-corrected chi connectivity index (χ0v) is 18.8. The summed E-state index contributed by atoms with van der Waals surface area (Å²) in [5.74, 6) is -2.25. The second-order valence-corrected chi connectivity index (χ2v) is 8.23. The fourth-order valence-corrected chi connectivity index (χ4v) is 2.95. The third-order valence-electron chi connectivity index (χ3n) is 5.02. The highest BCUT2D eigenvalue weighted by atomic mass is 32.2. The van der Waals surface area contributed by atoms with Crippen LogP contribution in [0.3, 0.4) is 0 Å². The third-order valence-corrected chi connectivity index (χ3v) is 5.66. The van der Waals surface area contributed by atoms with E-state index in [2.05, 4.69) is 16.0 Å². The topological polar surface area (TPSA) is 151 Å². The highest BCUT2D eigenvalue weighted by Gasteiger charge is 2.29. The van der Waals surface area contributed by atoms with Gasteiger partial charge >= 0.3 is 5.97 Å². The normalized spacial score (nSPS) is 16.1. The van der Waals surface area contributed by atoms with E-state index in [0.717, 1.165) is 6.42 Å². The summed E-state index contributed by atoms with van der Waals surface area (Å²) in [6.45, 7) is 7.13. The number of carboxylic acids is 1. The molecule has 168 valence electrons. The Morgan fingerprint density at radius 2 is 1.59 bits per heavy atom. The van der Waals surface area contributed by atoms with Gasteiger partial charge in [-0.3, -0.25) is 14.4 Å². The largest absolute Gasteiger partial charge is 0.480 e. The van der Waals surface area contributed by atoms with Gasteiger partial charge in [0.25, 0.3) is 0 Å². The molecule has 0 aromatic heterocycles.